The number of aliphatic carboxylic acids is 2. The van der Waals surface area contributed by atoms with Crippen molar-refractivity contribution >= 4 is 71.2 Å². The van der Waals surface area contributed by atoms with E-state index >= 15 is 19.2 Å². The molecule has 1 aromatic heterocycles. The molecular weight excluding hydrogens is 1180 g/mol. The molecule has 2 amide bonds. The Kier molecular flexibility index (Phi) is 25.2. The molecule has 92 heavy (non-hydrogen) atoms. The lowest BCUT2D eigenvalue weighted by molar-refractivity contribution is -0.169. The first kappa shape index (κ1) is 76.1. The van der Waals surface area contributed by atoms with Crippen molar-refractivity contribution in [2.24, 2.45) is 78.9 Å². The van der Waals surface area contributed by atoms with E-state index in [0.29, 0.717) is 92.5 Å². The predicted octanol–water partition coefficient (Wildman–Crippen LogP) is 17.3. The SMILES string of the molecule is CCC(C)(C)C(=O)OCCSC(CC)(CC)C(=O)Nc1[nH]c(C=C2N=C(NC(=O)C(CC)(CC)CC)C(C(=O)OC3C(C(C)(C)C)CC(C(=O)O)CC3C(C)(C)C)=C2C2CCCCC2)c(C2CCCCC2)c1C(=O)OC1C(C(C)(C)C)CC(C(=O)O)CC1C(C)(C)C. The summed E-state index contributed by atoms with van der Waals surface area (Å²) in [6.45, 7) is 40.6. The van der Waals surface area contributed by atoms with E-state index in [1.807, 2.05) is 61.5 Å². The van der Waals surface area contributed by atoms with Gasteiger partial charge in [0.1, 0.15) is 41.6 Å². The number of carbonyl (C=O) groups is 7. The monoisotopic (exact) mass is 1300 g/mol. The fourth-order valence-corrected chi connectivity index (χ4v) is 17.0. The number of aromatic nitrogens is 1. The summed E-state index contributed by atoms with van der Waals surface area (Å²) in [5.74, 6) is -6.31. The van der Waals surface area contributed by atoms with Crippen molar-refractivity contribution in [3.05, 3.63) is 33.7 Å². The van der Waals surface area contributed by atoms with Crippen LogP contribution in [-0.4, -0.2) is 92.0 Å². The molecule has 5 N–H and O–H groups in total. The Morgan fingerprint density at radius 3 is 1.40 bits per heavy atom. The zero-order valence-electron chi connectivity index (χ0n) is 60.2. The van der Waals surface area contributed by atoms with E-state index < -0.39 is 85.2 Å². The number of nitrogens with one attached hydrogen (secondary N) is 3. The average Bonchev–Trinajstić information content (AvgIpc) is 1.41. The number of carbonyl (C=O) groups excluding carboxylic acids is 5. The van der Waals surface area contributed by atoms with E-state index in [1.54, 1.807) is 0 Å². The molecule has 5 aliphatic rings. The van der Waals surface area contributed by atoms with Gasteiger partial charge in [0.2, 0.25) is 11.8 Å². The van der Waals surface area contributed by atoms with Crippen molar-refractivity contribution in [3.8, 4) is 0 Å². The molecule has 0 spiro atoms. The largest absolute Gasteiger partial charge is 0.481 e. The highest BCUT2D eigenvalue weighted by molar-refractivity contribution is 8.01. The molecule has 17 heteroatoms. The number of anilines is 1. The fraction of sp³-hybridized carbons (Fsp3) is 0.787. The topological polar surface area (TPSA) is 240 Å². The van der Waals surface area contributed by atoms with Crippen LogP contribution in [0.5, 0.6) is 0 Å². The van der Waals surface area contributed by atoms with Crippen LogP contribution < -0.4 is 10.6 Å². The van der Waals surface area contributed by atoms with Crippen LogP contribution in [0.15, 0.2) is 21.8 Å². The maximum absolute atomic E-state index is 16.2. The van der Waals surface area contributed by atoms with Gasteiger partial charge < -0.3 is 40.0 Å². The minimum atomic E-state index is -1.03. The van der Waals surface area contributed by atoms with E-state index in [1.165, 1.54) is 11.8 Å². The van der Waals surface area contributed by atoms with Crippen molar-refractivity contribution in [2.75, 3.05) is 17.7 Å². The summed E-state index contributed by atoms with van der Waals surface area (Å²) < 4.78 is 18.9. The molecule has 4 saturated carbocycles. The highest BCUT2D eigenvalue weighted by Gasteiger charge is 2.54. The van der Waals surface area contributed by atoms with Crippen molar-refractivity contribution in [3.63, 3.8) is 0 Å². The predicted molar refractivity (Wildman–Crippen MR) is 368 cm³/mol. The third kappa shape index (κ3) is 17.2. The summed E-state index contributed by atoms with van der Waals surface area (Å²) in [5.41, 5.74) is -0.692. The molecule has 4 aliphatic carbocycles. The maximum Gasteiger partial charge on any atom is 0.342 e. The maximum atomic E-state index is 16.2. The molecule has 1 aromatic rings. The van der Waals surface area contributed by atoms with Gasteiger partial charge in [-0.1, -0.05) is 163 Å². The second-order valence-corrected chi connectivity index (χ2v) is 34.4. The molecule has 518 valence electrons. The molecule has 16 nitrogen and oxygen atoms in total. The van der Waals surface area contributed by atoms with Gasteiger partial charge in [0.05, 0.1) is 27.7 Å². The standard InChI is InChI=1S/C75H120N4O12S/c1-21-73(19,20)68(88)89-37-38-92-75(25-5,26-6)67(87)79-61-57(65(85)91-59-50(71(13,14)15)41-47(63(82)83)42-51(59)72(16,17)18)55(45-35-31-28-32-36-45)53(77-61)43-52-54(44-33-29-27-30-34-44)56(60(76-52)78-66(86)74(22-2,23-3)24-4)64(84)90-58-48(69(7,8)9)39-46(62(80)81)40-49(58)70(10,11)12/h43-51,58-59,77H,21-42H2,1-20H3,(H,79,87)(H,80,81)(H,82,83)(H,76,78,86). The van der Waals surface area contributed by atoms with E-state index in [9.17, 15) is 24.6 Å². The third-order valence-electron chi connectivity index (χ3n) is 22.8. The normalized spacial score (nSPS) is 24.9. The van der Waals surface area contributed by atoms with Gasteiger partial charge in [-0.3, -0.25) is 24.0 Å². The number of amides is 2. The van der Waals surface area contributed by atoms with Crippen LogP contribution in [0.1, 0.15) is 294 Å². The van der Waals surface area contributed by atoms with E-state index in [0.717, 1.165) is 64.2 Å². The van der Waals surface area contributed by atoms with Crippen molar-refractivity contribution in [2.45, 2.75) is 290 Å². The van der Waals surface area contributed by atoms with E-state index in [4.69, 9.17) is 19.2 Å². The minimum Gasteiger partial charge on any atom is -0.481 e. The summed E-state index contributed by atoms with van der Waals surface area (Å²) in [6.07, 6.45) is 13.4. The lowest BCUT2D eigenvalue weighted by Crippen LogP contribution is -2.51. The molecule has 0 aromatic carbocycles. The highest BCUT2D eigenvalue weighted by Crippen LogP contribution is 2.54. The van der Waals surface area contributed by atoms with Crippen molar-refractivity contribution < 1.29 is 58.0 Å². The Labute approximate surface area is 556 Å². The van der Waals surface area contributed by atoms with Crippen molar-refractivity contribution in [1.29, 1.82) is 0 Å². The summed E-state index contributed by atoms with van der Waals surface area (Å²) in [6, 6.07) is 0. The molecule has 2 heterocycles. The molecule has 4 atom stereocenters. The number of carboxylic acid groups (broad SMARTS) is 2. The average molecular weight is 1300 g/mol. The van der Waals surface area contributed by atoms with Gasteiger partial charge in [0, 0.05) is 40.5 Å². The van der Waals surface area contributed by atoms with Crippen LogP contribution in [-0.2, 0) is 43.0 Å². The van der Waals surface area contributed by atoms with Gasteiger partial charge in [0.15, 0.2) is 0 Å². The van der Waals surface area contributed by atoms with Gasteiger partial charge in [-0.25, -0.2) is 14.6 Å². The van der Waals surface area contributed by atoms with Crippen molar-refractivity contribution in [1.82, 2.24) is 10.3 Å². The lowest BCUT2D eigenvalue weighted by atomic mass is 9.58. The van der Waals surface area contributed by atoms with Crippen LogP contribution in [0, 0.1) is 73.9 Å². The number of hydrogen-bond donors (Lipinski definition) is 5. The number of nitrogens with zero attached hydrogens (tertiary/aromatic N) is 1. The Hall–Kier alpha value is -4.93. The highest BCUT2D eigenvalue weighted by atomic mass is 32.2. The molecule has 0 saturated heterocycles. The van der Waals surface area contributed by atoms with Crippen LogP contribution >= 0.6 is 11.8 Å². The Morgan fingerprint density at radius 2 is 1.00 bits per heavy atom. The van der Waals surface area contributed by atoms with Crippen LogP contribution in [0.3, 0.4) is 0 Å². The second-order valence-electron chi connectivity index (χ2n) is 33.0. The fourth-order valence-electron chi connectivity index (χ4n) is 15.9. The van der Waals surface area contributed by atoms with Gasteiger partial charge in [0.25, 0.3) is 0 Å². The number of hydrogen-bond acceptors (Lipinski definition) is 12. The number of aromatic amines is 1. The zero-order valence-corrected chi connectivity index (χ0v) is 61.1. The molecule has 0 bridgehead atoms. The van der Waals surface area contributed by atoms with Crippen LogP contribution in [0.25, 0.3) is 6.08 Å². The van der Waals surface area contributed by atoms with Crippen LogP contribution in [0.2, 0.25) is 0 Å². The van der Waals surface area contributed by atoms with Gasteiger partial charge in [-0.15, -0.1) is 11.8 Å². The number of aliphatic imine (C=N–C) groups is 1. The summed E-state index contributed by atoms with van der Waals surface area (Å²) in [4.78, 5) is 111. The quantitative estimate of drug-likeness (QED) is 0.0390. The summed E-state index contributed by atoms with van der Waals surface area (Å²) >= 11 is 1.41. The lowest BCUT2D eigenvalue weighted by Gasteiger charge is -2.49. The smallest absolute Gasteiger partial charge is 0.342 e. The Morgan fingerprint density at radius 1 is 0.565 bits per heavy atom. The van der Waals surface area contributed by atoms with E-state index in [2.05, 4.69) is 98.7 Å². The second kappa shape index (κ2) is 30.4. The minimum absolute atomic E-state index is 0.0966. The third-order valence-corrected chi connectivity index (χ3v) is 24.5. The van der Waals surface area contributed by atoms with Gasteiger partial charge >= 0.3 is 29.8 Å². The van der Waals surface area contributed by atoms with Gasteiger partial charge in [-0.05, 0) is 154 Å². The first-order valence-corrected chi connectivity index (χ1v) is 36.4. The van der Waals surface area contributed by atoms with Crippen LogP contribution in [0.4, 0.5) is 5.82 Å². The number of H-pyrrole nitrogens is 1. The number of thioether (sulfide) groups is 1. The number of ether oxygens (including phenoxy) is 3. The summed E-state index contributed by atoms with van der Waals surface area (Å²) in [7, 11) is 0. The van der Waals surface area contributed by atoms with E-state index in [-0.39, 0.29) is 82.7 Å². The number of allylic oxidation sites excluding steroid dienone is 1. The first-order valence-electron chi connectivity index (χ1n) is 35.4. The molecule has 1 aliphatic heterocycles. The number of rotatable bonds is 23. The molecule has 6 rings (SSSR count). The number of amidine groups is 1. The number of esters is 3. The Bertz CT molecular complexity index is 2850. The number of carboxylic acids is 2. The zero-order chi connectivity index (χ0) is 68.9. The first-order chi connectivity index (χ1) is 42.8. The van der Waals surface area contributed by atoms with Gasteiger partial charge in [-0.2, -0.15) is 0 Å². The molecule has 4 fully saturated rings. The molecular formula is C75H120N4O12S. The Balaban J connectivity index is 1.67. The molecule has 4 unspecified atom stereocenters. The molecule has 0 radical (unpaired) electrons. The summed E-state index contributed by atoms with van der Waals surface area (Å²) in [5, 5.41) is 27.7.